The fraction of sp³-hybridized carbons (Fsp3) is 0.417. The summed E-state index contributed by atoms with van der Waals surface area (Å²) < 4.78 is 12.0. The van der Waals surface area contributed by atoms with E-state index in [0.717, 1.165) is 5.56 Å². The molecule has 0 aromatic heterocycles. The summed E-state index contributed by atoms with van der Waals surface area (Å²) >= 11 is 5.95. The van der Waals surface area contributed by atoms with E-state index in [1.165, 1.54) is 0 Å². The largest absolute Gasteiger partial charge is 0.480 e. The molecule has 17 heavy (non-hydrogen) atoms. The smallest absolute Gasteiger partial charge is 0.319 e. The molecule has 0 fully saturated rings. The predicted molar refractivity (Wildman–Crippen MR) is 69.6 cm³/mol. The van der Waals surface area contributed by atoms with Crippen LogP contribution in [0.1, 0.15) is 19.4 Å². The highest BCUT2D eigenvalue weighted by Gasteiger charge is 2.28. The minimum atomic E-state index is -1.46. The van der Waals surface area contributed by atoms with Gasteiger partial charge in [0.1, 0.15) is 5.25 Å². The van der Waals surface area contributed by atoms with Gasteiger partial charge in [-0.25, -0.2) is 0 Å². The molecule has 1 aromatic rings. The average Bonchev–Trinajstić information content (AvgIpc) is 2.20. The van der Waals surface area contributed by atoms with Crippen LogP contribution in [0.4, 0.5) is 0 Å². The van der Waals surface area contributed by atoms with Gasteiger partial charge in [0.15, 0.2) is 0 Å². The van der Waals surface area contributed by atoms with Gasteiger partial charge in [-0.3, -0.25) is 9.00 Å². The molecular weight excluding hydrogens is 260 g/mol. The molecule has 0 heterocycles. The molecule has 0 bridgehead atoms. The molecule has 1 rings (SSSR count). The maximum atomic E-state index is 12.0. The molecule has 0 amide bonds. The standard InChI is InChI=1S/C12H15ClO3S/c1-8(2)11(12(14)15)17(16)7-9-5-3-4-6-10(9)13/h3-6,8,11H,7H2,1-2H3,(H,14,15). The van der Waals surface area contributed by atoms with E-state index in [1.807, 2.05) is 0 Å². The highest BCUT2D eigenvalue weighted by atomic mass is 35.5. The van der Waals surface area contributed by atoms with Crippen molar-refractivity contribution >= 4 is 28.4 Å². The molecule has 1 aromatic carbocycles. The Morgan fingerprint density at radius 1 is 1.41 bits per heavy atom. The number of benzene rings is 1. The summed E-state index contributed by atoms with van der Waals surface area (Å²) in [5, 5.41) is 8.70. The Balaban J connectivity index is 2.85. The van der Waals surface area contributed by atoms with Gasteiger partial charge in [-0.2, -0.15) is 0 Å². The van der Waals surface area contributed by atoms with Crippen LogP contribution in [0.2, 0.25) is 5.02 Å². The second kappa shape index (κ2) is 6.17. The molecular formula is C12H15ClO3S. The molecule has 0 radical (unpaired) electrons. The Bertz CT molecular complexity index is 432. The summed E-state index contributed by atoms with van der Waals surface area (Å²) in [5.74, 6) is -1.02. The molecule has 1 N–H and O–H groups in total. The van der Waals surface area contributed by atoms with Crippen LogP contribution in [-0.4, -0.2) is 20.5 Å². The van der Waals surface area contributed by atoms with E-state index in [1.54, 1.807) is 38.1 Å². The Morgan fingerprint density at radius 2 is 2.00 bits per heavy atom. The zero-order chi connectivity index (χ0) is 13.0. The molecule has 0 spiro atoms. The topological polar surface area (TPSA) is 54.4 Å². The summed E-state index contributed by atoms with van der Waals surface area (Å²) in [6.45, 7) is 3.51. The maximum Gasteiger partial charge on any atom is 0.319 e. The first-order valence-corrected chi connectivity index (χ1v) is 7.03. The summed E-state index contributed by atoms with van der Waals surface area (Å²) in [7, 11) is -1.46. The van der Waals surface area contributed by atoms with Gasteiger partial charge in [0.05, 0.1) is 5.75 Å². The molecule has 0 saturated heterocycles. The van der Waals surface area contributed by atoms with Gasteiger partial charge in [0.25, 0.3) is 0 Å². The molecule has 0 aliphatic heterocycles. The van der Waals surface area contributed by atoms with E-state index in [2.05, 4.69) is 0 Å². The van der Waals surface area contributed by atoms with Gasteiger partial charge < -0.3 is 5.11 Å². The van der Waals surface area contributed by atoms with Crippen molar-refractivity contribution in [2.45, 2.75) is 24.9 Å². The number of rotatable bonds is 5. The third-order valence-electron chi connectivity index (χ3n) is 2.39. The number of carboxylic acid groups (broad SMARTS) is 1. The molecule has 2 atom stereocenters. The minimum absolute atomic E-state index is 0.171. The third-order valence-corrected chi connectivity index (χ3v) is 4.66. The Labute approximate surface area is 108 Å². The Morgan fingerprint density at radius 3 is 2.47 bits per heavy atom. The molecule has 0 aliphatic rings. The van der Waals surface area contributed by atoms with Crippen molar-refractivity contribution in [2.75, 3.05) is 0 Å². The lowest BCUT2D eigenvalue weighted by Gasteiger charge is -2.16. The van der Waals surface area contributed by atoms with Gasteiger partial charge in [0.2, 0.25) is 0 Å². The maximum absolute atomic E-state index is 12.0. The van der Waals surface area contributed by atoms with Crippen molar-refractivity contribution in [3.8, 4) is 0 Å². The summed E-state index contributed by atoms with van der Waals surface area (Å²) in [4.78, 5) is 11.0. The van der Waals surface area contributed by atoms with Gasteiger partial charge in [-0.15, -0.1) is 0 Å². The Hall–Kier alpha value is -0.870. The van der Waals surface area contributed by atoms with E-state index >= 15 is 0 Å². The Kier molecular flexibility index (Phi) is 5.15. The number of hydrogen-bond acceptors (Lipinski definition) is 2. The highest BCUT2D eigenvalue weighted by molar-refractivity contribution is 7.85. The van der Waals surface area contributed by atoms with Gasteiger partial charge in [-0.05, 0) is 17.5 Å². The fourth-order valence-corrected chi connectivity index (χ4v) is 3.41. The quantitative estimate of drug-likeness (QED) is 0.898. The monoisotopic (exact) mass is 274 g/mol. The number of carboxylic acids is 1. The van der Waals surface area contributed by atoms with Crippen molar-refractivity contribution in [2.24, 2.45) is 5.92 Å². The minimum Gasteiger partial charge on any atom is -0.480 e. The van der Waals surface area contributed by atoms with E-state index in [-0.39, 0.29) is 11.7 Å². The zero-order valence-corrected chi connectivity index (χ0v) is 11.3. The SMILES string of the molecule is CC(C)C(C(=O)O)S(=O)Cc1ccccc1Cl. The van der Waals surface area contributed by atoms with Crippen molar-refractivity contribution in [1.82, 2.24) is 0 Å². The normalized spacial score (nSPS) is 14.6. The van der Waals surface area contributed by atoms with Crippen LogP contribution in [0.15, 0.2) is 24.3 Å². The number of aliphatic carboxylic acids is 1. The van der Waals surface area contributed by atoms with Crippen molar-refractivity contribution in [3.05, 3.63) is 34.9 Å². The van der Waals surface area contributed by atoms with Gasteiger partial charge in [0, 0.05) is 15.8 Å². The summed E-state index contributed by atoms with van der Waals surface area (Å²) in [5.41, 5.74) is 0.722. The highest BCUT2D eigenvalue weighted by Crippen LogP contribution is 2.20. The van der Waals surface area contributed by atoms with Crippen LogP contribution in [-0.2, 0) is 21.3 Å². The van der Waals surface area contributed by atoms with Crippen LogP contribution in [0, 0.1) is 5.92 Å². The predicted octanol–water partition coefficient (Wildman–Crippen LogP) is 2.70. The number of hydrogen-bond donors (Lipinski definition) is 1. The van der Waals surface area contributed by atoms with Crippen molar-refractivity contribution < 1.29 is 14.1 Å². The van der Waals surface area contributed by atoms with Gasteiger partial charge >= 0.3 is 5.97 Å². The lowest BCUT2D eigenvalue weighted by Crippen LogP contribution is -2.31. The molecule has 3 nitrogen and oxygen atoms in total. The molecule has 0 aliphatic carbocycles. The fourth-order valence-electron chi connectivity index (χ4n) is 1.56. The van der Waals surface area contributed by atoms with Crippen LogP contribution in [0.3, 0.4) is 0 Å². The first-order chi connectivity index (χ1) is 7.93. The van der Waals surface area contributed by atoms with E-state index < -0.39 is 22.0 Å². The first-order valence-electron chi connectivity index (χ1n) is 5.27. The van der Waals surface area contributed by atoms with Crippen LogP contribution in [0.5, 0.6) is 0 Å². The number of halogens is 1. The van der Waals surface area contributed by atoms with E-state index in [4.69, 9.17) is 16.7 Å². The van der Waals surface area contributed by atoms with E-state index in [0.29, 0.717) is 5.02 Å². The molecule has 2 unspecified atom stereocenters. The molecule has 5 heteroatoms. The summed E-state index contributed by atoms with van der Waals surface area (Å²) in [6.07, 6.45) is 0. The van der Waals surface area contributed by atoms with Crippen LogP contribution in [0.25, 0.3) is 0 Å². The lowest BCUT2D eigenvalue weighted by atomic mass is 10.1. The number of carbonyl (C=O) groups is 1. The summed E-state index contributed by atoms with van der Waals surface area (Å²) in [6, 6.07) is 7.05. The van der Waals surface area contributed by atoms with Gasteiger partial charge in [-0.1, -0.05) is 43.6 Å². The van der Waals surface area contributed by atoms with E-state index in [9.17, 15) is 9.00 Å². The molecule has 0 saturated carbocycles. The van der Waals surface area contributed by atoms with Crippen molar-refractivity contribution in [1.29, 1.82) is 0 Å². The third kappa shape index (κ3) is 3.82. The van der Waals surface area contributed by atoms with Crippen molar-refractivity contribution in [3.63, 3.8) is 0 Å². The first kappa shape index (κ1) is 14.2. The van der Waals surface area contributed by atoms with Crippen LogP contribution < -0.4 is 0 Å². The second-order valence-electron chi connectivity index (χ2n) is 4.12. The zero-order valence-electron chi connectivity index (χ0n) is 9.72. The van der Waals surface area contributed by atoms with Crippen LogP contribution >= 0.6 is 11.6 Å². The second-order valence-corrected chi connectivity index (χ2v) is 6.08. The molecule has 94 valence electrons. The average molecular weight is 275 g/mol. The lowest BCUT2D eigenvalue weighted by molar-refractivity contribution is -0.137.